The first-order valence-corrected chi connectivity index (χ1v) is 11.1. The van der Waals surface area contributed by atoms with E-state index in [-0.39, 0.29) is 17.6 Å². The predicted octanol–water partition coefficient (Wildman–Crippen LogP) is 4.82. The standard InChI is InChI=1S/C24H24N2O3S/c27-23(25-15-18-9-6-14-29-18)16-30-22-13-4-3-11-20(22)24(28)26-21-12-5-8-17-7-1-2-10-19(17)21/h3-6,8-9,11-14H,1-2,7,10,15-16H2,(H,25,27)(H,26,28). The van der Waals surface area contributed by atoms with E-state index in [2.05, 4.69) is 16.7 Å². The molecule has 30 heavy (non-hydrogen) atoms. The van der Waals surface area contributed by atoms with Crippen molar-refractivity contribution < 1.29 is 14.0 Å². The van der Waals surface area contributed by atoms with Crippen molar-refractivity contribution in [3.05, 3.63) is 83.3 Å². The monoisotopic (exact) mass is 420 g/mol. The minimum atomic E-state index is -0.145. The van der Waals surface area contributed by atoms with Gasteiger partial charge in [-0.3, -0.25) is 9.59 Å². The quantitative estimate of drug-likeness (QED) is 0.538. The van der Waals surface area contributed by atoms with Crippen LogP contribution in [0.3, 0.4) is 0 Å². The summed E-state index contributed by atoms with van der Waals surface area (Å²) in [5.41, 5.74) is 4.05. The molecule has 0 unspecified atom stereocenters. The van der Waals surface area contributed by atoms with Gasteiger partial charge in [0, 0.05) is 10.6 Å². The molecule has 0 aliphatic heterocycles. The number of carbonyl (C=O) groups excluding carboxylic acids is 2. The number of benzene rings is 2. The highest BCUT2D eigenvalue weighted by atomic mass is 32.2. The Hall–Kier alpha value is -2.99. The van der Waals surface area contributed by atoms with Crippen LogP contribution in [0.1, 0.15) is 40.1 Å². The van der Waals surface area contributed by atoms with Crippen LogP contribution in [-0.4, -0.2) is 17.6 Å². The average molecular weight is 421 g/mol. The molecule has 0 saturated heterocycles. The zero-order chi connectivity index (χ0) is 20.8. The molecule has 0 bridgehead atoms. The van der Waals surface area contributed by atoms with Crippen LogP contribution in [0.2, 0.25) is 0 Å². The molecule has 3 aromatic rings. The number of aryl methyl sites for hydroxylation is 1. The highest BCUT2D eigenvalue weighted by molar-refractivity contribution is 8.00. The van der Waals surface area contributed by atoms with E-state index in [4.69, 9.17) is 4.42 Å². The molecule has 6 heteroatoms. The SMILES string of the molecule is O=C(CSc1ccccc1C(=O)Nc1cccc2c1CCCC2)NCc1ccco1. The summed E-state index contributed by atoms with van der Waals surface area (Å²) < 4.78 is 5.22. The normalized spacial score (nSPS) is 12.8. The Bertz CT molecular complexity index is 1030. The van der Waals surface area contributed by atoms with Crippen molar-refractivity contribution in [3.8, 4) is 0 Å². The van der Waals surface area contributed by atoms with Crippen molar-refractivity contribution in [1.29, 1.82) is 0 Å². The first-order chi connectivity index (χ1) is 14.7. The van der Waals surface area contributed by atoms with Crippen LogP contribution >= 0.6 is 11.8 Å². The fourth-order valence-corrected chi connectivity index (χ4v) is 4.54. The molecule has 0 saturated carbocycles. The highest BCUT2D eigenvalue weighted by Gasteiger charge is 2.17. The first-order valence-electron chi connectivity index (χ1n) is 10.1. The third kappa shape index (κ3) is 4.94. The summed E-state index contributed by atoms with van der Waals surface area (Å²) in [4.78, 5) is 26.0. The minimum Gasteiger partial charge on any atom is -0.467 e. The van der Waals surface area contributed by atoms with Crippen molar-refractivity contribution in [3.63, 3.8) is 0 Å². The van der Waals surface area contributed by atoms with E-state index in [9.17, 15) is 9.59 Å². The van der Waals surface area contributed by atoms with E-state index in [1.165, 1.54) is 29.3 Å². The molecule has 1 aromatic heterocycles. The number of hydrogen-bond donors (Lipinski definition) is 2. The smallest absolute Gasteiger partial charge is 0.256 e. The molecule has 0 spiro atoms. The fraction of sp³-hybridized carbons (Fsp3) is 0.250. The Morgan fingerprint density at radius 3 is 2.70 bits per heavy atom. The number of hydrogen-bond acceptors (Lipinski definition) is 4. The van der Waals surface area contributed by atoms with Gasteiger partial charge in [-0.05, 0) is 67.1 Å². The fourth-order valence-electron chi connectivity index (χ4n) is 3.66. The summed E-state index contributed by atoms with van der Waals surface area (Å²) >= 11 is 1.36. The van der Waals surface area contributed by atoms with Gasteiger partial charge in [-0.15, -0.1) is 11.8 Å². The summed E-state index contributed by atoms with van der Waals surface area (Å²) in [5, 5.41) is 5.92. The number of anilines is 1. The van der Waals surface area contributed by atoms with E-state index < -0.39 is 0 Å². The summed E-state index contributed by atoms with van der Waals surface area (Å²) in [6, 6.07) is 17.1. The van der Waals surface area contributed by atoms with Crippen LogP contribution in [0.4, 0.5) is 5.69 Å². The Kier molecular flexibility index (Phi) is 6.54. The Morgan fingerprint density at radius 2 is 1.83 bits per heavy atom. The van der Waals surface area contributed by atoms with Gasteiger partial charge in [0.2, 0.25) is 5.91 Å². The number of thioether (sulfide) groups is 1. The van der Waals surface area contributed by atoms with Crippen molar-refractivity contribution >= 4 is 29.3 Å². The van der Waals surface area contributed by atoms with Gasteiger partial charge in [-0.2, -0.15) is 0 Å². The van der Waals surface area contributed by atoms with Crippen LogP contribution < -0.4 is 10.6 Å². The molecule has 4 rings (SSSR count). The largest absolute Gasteiger partial charge is 0.467 e. The van der Waals surface area contributed by atoms with Gasteiger partial charge < -0.3 is 15.1 Å². The second-order valence-electron chi connectivity index (χ2n) is 7.25. The topological polar surface area (TPSA) is 71.3 Å². The second kappa shape index (κ2) is 9.67. The molecule has 5 nitrogen and oxygen atoms in total. The Morgan fingerprint density at radius 1 is 0.967 bits per heavy atom. The van der Waals surface area contributed by atoms with Gasteiger partial charge >= 0.3 is 0 Å². The summed E-state index contributed by atoms with van der Waals surface area (Å²) in [6.45, 7) is 0.355. The molecule has 2 N–H and O–H groups in total. The molecular weight excluding hydrogens is 396 g/mol. The number of carbonyl (C=O) groups is 2. The van der Waals surface area contributed by atoms with Gasteiger partial charge in [-0.1, -0.05) is 24.3 Å². The zero-order valence-corrected chi connectivity index (χ0v) is 17.5. The molecule has 1 heterocycles. The van der Waals surface area contributed by atoms with Gasteiger partial charge in [0.05, 0.1) is 24.1 Å². The van der Waals surface area contributed by atoms with Crippen LogP contribution in [0.15, 0.2) is 70.2 Å². The van der Waals surface area contributed by atoms with Gasteiger partial charge in [0.1, 0.15) is 5.76 Å². The van der Waals surface area contributed by atoms with E-state index in [0.717, 1.165) is 29.8 Å². The number of nitrogens with one attached hydrogen (secondary N) is 2. The van der Waals surface area contributed by atoms with Crippen molar-refractivity contribution in [1.82, 2.24) is 5.32 Å². The van der Waals surface area contributed by atoms with Crippen molar-refractivity contribution in [2.45, 2.75) is 37.1 Å². The lowest BCUT2D eigenvalue weighted by atomic mass is 9.90. The van der Waals surface area contributed by atoms with Gasteiger partial charge in [0.15, 0.2) is 0 Å². The van der Waals surface area contributed by atoms with Gasteiger partial charge in [-0.25, -0.2) is 0 Å². The van der Waals surface area contributed by atoms with Crippen LogP contribution in [0, 0.1) is 0 Å². The summed E-state index contributed by atoms with van der Waals surface area (Å²) in [5.74, 6) is 0.683. The maximum absolute atomic E-state index is 13.0. The molecule has 0 fully saturated rings. The lowest BCUT2D eigenvalue weighted by molar-refractivity contribution is -0.118. The zero-order valence-electron chi connectivity index (χ0n) is 16.6. The molecule has 1 aliphatic carbocycles. The molecule has 154 valence electrons. The van der Waals surface area contributed by atoms with Crippen molar-refractivity contribution in [2.24, 2.45) is 0 Å². The van der Waals surface area contributed by atoms with E-state index in [1.807, 2.05) is 36.4 Å². The van der Waals surface area contributed by atoms with Crippen LogP contribution in [-0.2, 0) is 24.2 Å². The number of furan rings is 1. The third-order valence-corrected chi connectivity index (χ3v) is 6.25. The maximum atomic E-state index is 13.0. The third-order valence-electron chi connectivity index (χ3n) is 5.17. The lowest BCUT2D eigenvalue weighted by Gasteiger charge is -2.20. The summed E-state index contributed by atoms with van der Waals surface area (Å²) in [7, 11) is 0. The minimum absolute atomic E-state index is 0.108. The van der Waals surface area contributed by atoms with Crippen LogP contribution in [0.25, 0.3) is 0 Å². The average Bonchev–Trinajstić information content (AvgIpc) is 3.30. The van der Waals surface area contributed by atoms with E-state index in [1.54, 1.807) is 18.4 Å². The van der Waals surface area contributed by atoms with E-state index in [0.29, 0.717) is 17.9 Å². The van der Waals surface area contributed by atoms with E-state index >= 15 is 0 Å². The number of fused-ring (bicyclic) bond motifs is 1. The molecular formula is C24H24N2O3S. The Labute approximate surface area is 180 Å². The highest BCUT2D eigenvalue weighted by Crippen LogP contribution is 2.29. The molecule has 0 radical (unpaired) electrons. The predicted molar refractivity (Wildman–Crippen MR) is 119 cm³/mol. The molecule has 1 aliphatic rings. The molecule has 2 aromatic carbocycles. The van der Waals surface area contributed by atoms with Crippen molar-refractivity contribution in [2.75, 3.05) is 11.1 Å². The lowest BCUT2D eigenvalue weighted by Crippen LogP contribution is -2.24. The Balaban J connectivity index is 1.40. The first kappa shape index (κ1) is 20.3. The number of rotatable bonds is 7. The molecule has 0 atom stereocenters. The number of amides is 2. The van der Waals surface area contributed by atoms with Gasteiger partial charge in [0.25, 0.3) is 5.91 Å². The molecule has 2 amide bonds. The second-order valence-corrected chi connectivity index (χ2v) is 8.26. The summed E-state index contributed by atoms with van der Waals surface area (Å²) in [6.07, 6.45) is 6.00. The maximum Gasteiger partial charge on any atom is 0.256 e. The van der Waals surface area contributed by atoms with Crippen LogP contribution in [0.5, 0.6) is 0 Å².